The van der Waals surface area contributed by atoms with Crippen molar-refractivity contribution < 1.29 is 13.9 Å². The van der Waals surface area contributed by atoms with Gasteiger partial charge in [-0.15, -0.1) is 0 Å². The van der Waals surface area contributed by atoms with Crippen molar-refractivity contribution in [3.63, 3.8) is 0 Å². The number of nitrogens with zero attached hydrogens (tertiary/aromatic N) is 1. The third-order valence-corrected chi connectivity index (χ3v) is 4.44. The van der Waals surface area contributed by atoms with E-state index in [0.717, 1.165) is 11.3 Å². The Labute approximate surface area is 164 Å². The van der Waals surface area contributed by atoms with Gasteiger partial charge in [0.2, 0.25) is 0 Å². The molecule has 3 aromatic rings. The summed E-state index contributed by atoms with van der Waals surface area (Å²) in [7, 11) is 1.57. The molecule has 0 aliphatic carbocycles. The molecule has 0 unspecified atom stereocenters. The monoisotopic (exact) mass is 378 g/mol. The van der Waals surface area contributed by atoms with Gasteiger partial charge in [0, 0.05) is 5.56 Å². The largest absolute Gasteiger partial charge is 0.493 e. The fourth-order valence-electron chi connectivity index (χ4n) is 2.65. The number of methoxy groups -OCH3 is 1. The van der Waals surface area contributed by atoms with Gasteiger partial charge in [-0.1, -0.05) is 24.3 Å². The average molecular weight is 378 g/mol. The molecular weight excluding hydrogens is 355 g/mol. The quantitative estimate of drug-likeness (QED) is 0.437. The zero-order chi connectivity index (χ0) is 19.9. The number of rotatable bonds is 7. The molecule has 5 heteroatoms. The lowest BCUT2D eigenvalue weighted by molar-refractivity contribution is 0.279. The summed E-state index contributed by atoms with van der Waals surface area (Å²) in [5.41, 5.74) is 7.74. The highest BCUT2D eigenvalue weighted by Crippen LogP contribution is 2.28. The van der Waals surface area contributed by atoms with Gasteiger partial charge in [-0.3, -0.25) is 5.43 Å². The number of aryl methyl sites for hydroxylation is 2. The Bertz CT molecular complexity index is 986. The van der Waals surface area contributed by atoms with E-state index in [9.17, 15) is 4.39 Å². The highest BCUT2D eigenvalue weighted by molar-refractivity contribution is 5.81. The first-order chi connectivity index (χ1) is 13.6. The van der Waals surface area contributed by atoms with Crippen molar-refractivity contribution in [3.05, 3.63) is 88.7 Å². The maximum atomic E-state index is 13.7. The molecule has 0 aliphatic heterocycles. The molecule has 3 rings (SSSR count). The molecule has 0 spiro atoms. The van der Waals surface area contributed by atoms with Gasteiger partial charge >= 0.3 is 0 Å². The first-order valence-electron chi connectivity index (χ1n) is 8.97. The fraction of sp³-hybridized carbons (Fsp3) is 0.174. The third kappa shape index (κ3) is 4.88. The molecule has 4 nitrogen and oxygen atoms in total. The molecule has 0 amide bonds. The van der Waals surface area contributed by atoms with E-state index in [4.69, 9.17) is 9.47 Å². The fourth-order valence-corrected chi connectivity index (χ4v) is 2.65. The van der Waals surface area contributed by atoms with Crippen molar-refractivity contribution in [3.8, 4) is 11.5 Å². The zero-order valence-electron chi connectivity index (χ0n) is 16.2. The van der Waals surface area contributed by atoms with Crippen molar-refractivity contribution in [1.82, 2.24) is 0 Å². The molecule has 0 aliphatic rings. The summed E-state index contributed by atoms with van der Waals surface area (Å²) < 4.78 is 24.8. The smallest absolute Gasteiger partial charge is 0.161 e. The highest BCUT2D eigenvalue weighted by atomic mass is 19.1. The lowest BCUT2D eigenvalue weighted by atomic mass is 10.1. The number of hydrazone groups is 1. The topological polar surface area (TPSA) is 42.8 Å². The highest BCUT2D eigenvalue weighted by Gasteiger charge is 2.07. The Morgan fingerprint density at radius 1 is 0.964 bits per heavy atom. The molecule has 0 aromatic heterocycles. The van der Waals surface area contributed by atoms with Crippen molar-refractivity contribution >= 4 is 11.9 Å². The van der Waals surface area contributed by atoms with Crippen LogP contribution in [0.25, 0.3) is 0 Å². The van der Waals surface area contributed by atoms with E-state index in [1.165, 1.54) is 17.2 Å². The number of hydrogen-bond donors (Lipinski definition) is 1. The minimum absolute atomic E-state index is 0.130. The molecular formula is C23H23FN2O2. The third-order valence-electron chi connectivity index (χ3n) is 4.44. The summed E-state index contributed by atoms with van der Waals surface area (Å²) >= 11 is 0. The van der Waals surface area contributed by atoms with Gasteiger partial charge in [0.1, 0.15) is 12.4 Å². The molecule has 0 saturated heterocycles. The van der Waals surface area contributed by atoms with Crippen LogP contribution in [0.5, 0.6) is 11.5 Å². The first-order valence-corrected chi connectivity index (χ1v) is 8.97. The molecule has 0 bridgehead atoms. The Balaban J connectivity index is 1.66. The number of anilines is 1. The minimum atomic E-state index is -0.289. The van der Waals surface area contributed by atoms with Crippen LogP contribution in [0, 0.1) is 19.7 Å². The van der Waals surface area contributed by atoms with E-state index in [2.05, 4.69) is 30.4 Å². The molecule has 0 heterocycles. The second-order valence-electron chi connectivity index (χ2n) is 6.46. The lowest BCUT2D eigenvalue weighted by Crippen LogP contribution is -2.00. The van der Waals surface area contributed by atoms with E-state index in [0.29, 0.717) is 17.1 Å². The Morgan fingerprint density at radius 2 is 1.79 bits per heavy atom. The standard InChI is InChI=1S/C23H23FN2O2/c1-16-8-10-20(12-17(16)2)26-25-14-18-9-11-22(23(13-18)27-3)28-15-19-6-4-5-7-21(19)24/h4-14,26H,15H2,1-3H3/b25-14+. The van der Waals surface area contributed by atoms with E-state index in [1.54, 1.807) is 37.6 Å². The van der Waals surface area contributed by atoms with E-state index >= 15 is 0 Å². The van der Waals surface area contributed by atoms with Crippen LogP contribution in [-0.2, 0) is 6.61 Å². The van der Waals surface area contributed by atoms with Crippen LogP contribution in [-0.4, -0.2) is 13.3 Å². The Morgan fingerprint density at radius 3 is 2.54 bits per heavy atom. The predicted molar refractivity (Wildman–Crippen MR) is 111 cm³/mol. The summed E-state index contributed by atoms with van der Waals surface area (Å²) in [6.07, 6.45) is 1.71. The van der Waals surface area contributed by atoms with E-state index in [-0.39, 0.29) is 12.4 Å². The molecule has 0 atom stereocenters. The number of halogens is 1. The zero-order valence-corrected chi connectivity index (χ0v) is 16.2. The van der Waals surface area contributed by atoms with Gasteiger partial charge < -0.3 is 9.47 Å². The van der Waals surface area contributed by atoms with Crippen molar-refractivity contribution in [2.75, 3.05) is 12.5 Å². The first kappa shape index (κ1) is 19.4. The van der Waals surface area contributed by atoms with Gasteiger partial charge in [0.15, 0.2) is 11.5 Å². The Hall–Kier alpha value is -3.34. The molecule has 3 aromatic carbocycles. The van der Waals surface area contributed by atoms with Crippen LogP contribution < -0.4 is 14.9 Å². The van der Waals surface area contributed by atoms with E-state index in [1.807, 2.05) is 24.3 Å². The Kier molecular flexibility index (Phi) is 6.27. The SMILES string of the molecule is COc1cc(/C=N/Nc2ccc(C)c(C)c2)ccc1OCc1ccccc1F. The van der Waals surface area contributed by atoms with Gasteiger partial charge in [-0.05, 0) is 66.9 Å². The second-order valence-corrected chi connectivity index (χ2v) is 6.46. The van der Waals surface area contributed by atoms with Crippen LogP contribution in [0.2, 0.25) is 0 Å². The molecule has 1 N–H and O–H groups in total. The normalized spacial score (nSPS) is 10.9. The molecule has 28 heavy (non-hydrogen) atoms. The summed E-state index contributed by atoms with van der Waals surface area (Å²) in [5, 5.41) is 4.27. The predicted octanol–water partition coefficient (Wildman–Crippen LogP) is 5.48. The second kappa shape index (κ2) is 9.04. The van der Waals surface area contributed by atoms with Crippen LogP contribution >= 0.6 is 0 Å². The number of ether oxygens (including phenoxy) is 2. The summed E-state index contributed by atoms with van der Waals surface area (Å²) in [5.74, 6) is 0.819. The van der Waals surface area contributed by atoms with Gasteiger partial charge in [-0.25, -0.2) is 4.39 Å². The lowest BCUT2D eigenvalue weighted by Gasteiger charge is -2.11. The summed E-state index contributed by atoms with van der Waals surface area (Å²) in [4.78, 5) is 0. The van der Waals surface area contributed by atoms with Crippen molar-refractivity contribution in [1.29, 1.82) is 0 Å². The van der Waals surface area contributed by atoms with Gasteiger partial charge in [0.25, 0.3) is 0 Å². The maximum Gasteiger partial charge on any atom is 0.161 e. The van der Waals surface area contributed by atoms with Crippen LogP contribution in [0.3, 0.4) is 0 Å². The minimum Gasteiger partial charge on any atom is -0.493 e. The molecule has 144 valence electrons. The summed E-state index contributed by atoms with van der Waals surface area (Å²) in [6, 6.07) is 18.1. The summed E-state index contributed by atoms with van der Waals surface area (Å²) in [6.45, 7) is 4.27. The van der Waals surface area contributed by atoms with Gasteiger partial charge in [0.05, 0.1) is 19.0 Å². The maximum absolute atomic E-state index is 13.7. The van der Waals surface area contributed by atoms with Crippen molar-refractivity contribution in [2.45, 2.75) is 20.5 Å². The number of benzene rings is 3. The molecule has 0 fully saturated rings. The van der Waals surface area contributed by atoms with E-state index < -0.39 is 0 Å². The van der Waals surface area contributed by atoms with Crippen molar-refractivity contribution in [2.24, 2.45) is 5.10 Å². The van der Waals surface area contributed by atoms with Crippen LogP contribution in [0.1, 0.15) is 22.3 Å². The molecule has 0 radical (unpaired) electrons. The number of hydrogen-bond acceptors (Lipinski definition) is 4. The van der Waals surface area contributed by atoms with Gasteiger partial charge in [-0.2, -0.15) is 5.10 Å². The van der Waals surface area contributed by atoms with Crippen LogP contribution in [0.4, 0.5) is 10.1 Å². The number of nitrogens with one attached hydrogen (secondary N) is 1. The van der Waals surface area contributed by atoms with Crippen LogP contribution in [0.15, 0.2) is 65.8 Å². The average Bonchev–Trinajstić information content (AvgIpc) is 2.70. The molecule has 0 saturated carbocycles.